The van der Waals surface area contributed by atoms with E-state index in [1.54, 1.807) is 0 Å². The van der Waals surface area contributed by atoms with Crippen molar-refractivity contribution in [3.05, 3.63) is 23.8 Å². The molecule has 0 heterocycles. The van der Waals surface area contributed by atoms with Gasteiger partial charge in [0, 0.05) is 5.69 Å². The third kappa shape index (κ3) is 3.63. The van der Waals surface area contributed by atoms with E-state index in [0.29, 0.717) is 5.92 Å². The average Bonchev–Trinajstić information content (AvgIpc) is 3.04. The molecule has 2 aliphatic rings. The van der Waals surface area contributed by atoms with Crippen molar-refractivity contribution in [3.8, 4) is 5.75 Å². The number of nitrogens with two attached hydrogens (primary N) is 1. The van der Waals surface area contributed by atoms with Crippen LogP contribution in [0.5, 0.6) is 5.75 Å². The van der Waals surface area contributed by atoms with E-state index in [9.17, 15) is 0 Å². The van der Waals surface area contributed by atoms with Gasteiger partial charge < -0.3 is 16.6 Å². The lowest BCUT2D eigenvalue weighted by molar-refractivity contribution is 0.302. The molecule has 0 radical (unpaired) electrons. The van der Waals surface area contributed by atoms with Crippen LogP contribution in [0.3, 0.4) is 0 Å². The fourth-order valence-electron chi connectivity index (χ4n) is 2.98. The second kappa shape index (κ2) is 6.29. The van der Waals surface area contributed by atoms with Crippen molar-refractivity contribution in [2.75, 3.05) is 12.3 Å². The Labute approximate surface area is 116 Å². The Morgan fingerprint density at radius 1 is 1.11 bits per heavy atom. The van der Waals surface area contributed by atoms with Gasteiger partial charge in [-0.05, 0) is 54.9 Å². The lowest BCUT2D eigenvalue weighted by Gasteiger charge is -2.15. The summed E-state index contributed by atoms with van der Waals surface area (Å²) in [7, 11) is 0. The molecule has 0 aromatic heterocycles. The summed E-state index contributed by atoms with van der Waals surface area (Å²) in [5.74, 6) is 2.61. The fraction of sp³-hybridized carbons (Fsp3) is 0.625. The quantitative estimate of drug-likeness (QED) is 0.778. The normalized spacial score (nSPS) is 19.2. The molecule has 2 aliphatic carbocycles. The predicted octanol–water partition coefficient (Wildman–Crippen LogP) is 4.27. The third-order valence-corrected chi connectivity index (χ3v) is 4.35. The van der Waals surface area contributed by atoms with Crippen molar-refractivity contribution in [3.63, 3.8) is 0 Å². The molecule has 0 atom stereocenters. The van der Waals surface area contributed by atoms with E-state index >= 15 is 0 Å². The van der Waals surface area contributed by atoms with E-state index < -0.39 is 0 Å². The van der Waals surface area contributed by atoms with Crippen molar-refractivity contribution in [2.45, 2.75) is 50.9 Å². The lowest BCUT2D eigenvalue weighted by atomic mass is 9.96. The Bertz CT molecular complexity index is 409. The highest BCUT2D eigenvalue weighted by atomic mass is 16.5. The summed E-state index contributed by atoms with van der Waals surface area (Å²) in [4.78, 5) is 0. The number of hydrogen-bond acceptors (Lipinski definition) is 3. The SMILES string of the molecule is N.Nc1ccc(OCCC2CC2)cc1C1CCCC1. The van der Waals surface area contributed by atoms with E-state index in [-0.39, 0.29) is 6.15 Å². The molecule has 0 bridgehead atoms. The minimum atomic E-state index is 0. The zero-order valence-corrected chi connectivity index (χ0v) is 11.7. The molecule has 1 aromatic rings. The molecule has 3 heteroatoms. The van der Waals surface area contributed by atoms with Crippen molar-refractivity contribution >= 4 is 5.69 Å². The van der Waals surface area contributed by atoms with Crippen LogP contribution >= 0.6 is 0 Å². The summed E-state index contributed by atoms with van der Waals surface area (Å²) in [5, 5.41) is 0. The monoisotopic (exact) mass is 262 g/mol. The number of nitrogen functional groups attached to an aromatic ring is 1. The maximum absolute atomic E-state index is 6.10. The molecule has 2 saturated carbocycles. The minimum Gasteiger partial charge on any atom is -0.494 e. The number of hydrogen-bond donors (Lipinski definition) is 2. The van der Waals surface area contributed by atoms with Gasteiger partial charge in [0.25, 0.3) is 0 Å². The number of ether oxygens (including phenoxy) is 1. The van der Waals surface area contributed by atoms with Crippen LogP contribution in [0.2, 0.25) is 0 Å². The first kappa shape index (κ1) is 14.2. The number of rotatable bonds is 5. The highest BCUT2D eigenvalue weighted by Crippen LogP contribution is 2.38. The van der Waals surface area contributed by atoms with E-state index in [1.807, 2.05) is 12.1 Å². The molecular weight excluding hydrogens is 236 g/mol. The third-order valence-electron chi connectivity index (χ3n) is 4.35. The van der Waals surface area contributed by atoms with Crippen LogP contribution in [0, 0.1) is 5.92 Å². The van der Waals surface area contributed by atoms with Gasteiger partial charge in [-0.2, -0.15) is 0 Å². The summed E-state index contributed by atoms with van der Waals surface area (Å²) in [6.07, 6.45) is 9.28. The lowest BCUT2D eigenvalue weighted by Crippen LogP contribution is -2.02. The summed E-state index contributed by atoms with van der Waals surface area (Å²) in [6.45, 7) is 0.860. The Balaban J connectivity index is 0.00000133. The maximum atomic E-state index is 6.10. The first-order valence-corrected chi connectivity index (χ1v) is 7.35. The standard InChI is InChI=1S/C16H23NO.H3N/c17-16-8-7-14(18-10-9-12-5-6-12)11-15(16)13-3-1-2-4-13;/h7-8,11-13H,1-6,9-10,17H2;1H3. The van der Waals surface area contributed by atoms with Crippen molar-refractivity contribution in [1.29, 1.82) is 0 Å². The van der Waals surface area contributed by atoms with Gasteiger partial charge in [0.1, 0.15) is 5.75 Å². The molecular formula is C16H26N2O. The minimum absolute atomic E-state index is 0. The van der Waals surface area contributed by atoms with Gasteiger partial charge in [-0.1, -0.05) is 25.7 Å². The van der Waals surface area contributed by atoms with Crippen molar-refractivity contribution < 1.29 is 4.74 Å². The van der Waals surface area contributed by atoms with Gasteiger partial charge >= 0.3 is 0 Å². The van der Waals surface area contributed by atoms with Crippen LogP contribution in [-0.4, -0.2) is 6.61 Å². The molecule has 0 saturated heterocycles. The average molecular weight is 262 g/mol. The molecule has 2 fully saturated rings. The van der Waals surface area contributed by atoms with Gasteiger partial charge in [-0.15, -0.1) is 0 Å². The summed E-state index contributed by atoms with van der Waals surface area (Å²) in [5.41, 5.74) is 8.36. The smallest absolute Gasteiger partial charge is 0.119 e. The second-order valence-electron chi connectivity index (χ2n) is 5.85. The highest BCUT2D eigenvalue weighted by molar-refractivity contribution is 5.52. The van der Waals surface area contributed by atoms with E-state index in [4.69, 9.17) is 10.5 Å². The molecule has 0 spiro atoms. The van der Waals surface area contributed by atoms with Gasteiger partial charge in [-0.25, -0.2) is 0 Å². The molecule has 5 N–H and O–H groups in total. The van der Waals surface area contributed by atoms with E-state index in [1.165, 1.54) is 50.5 Å². The number of anilines is 1. The largest absolute Gasteiger partial charge is 0.494 e. The van der Waals surface area contributed by atoms with Gasteiger partial charge in [0.15, 0.2) is 0 Å². The van der Waals surface area contributed by atoms with Crippen LogP contribution in [0.15, 0.2) is 18.2 Å². The zero-order chi connectivity index (χ0) is 12.4. The molecule has 3 nitrogen and oxygen atoms in total. The molecule has 1 aromatic carbocycles. The van der Waals surface area contributed by atoms with Gasteiger partial charge in [-0.3, -0.25) is 0 Å². The number of benzene rings is 1. The van der Waals surface area contributed by atoms with Crippen LogP contribution in [-0.2, 0) is 0 Å². The molecule has 19 heavy (non-hydrogen) atoms. The predicted molar refractivity (Wildman–Crippen MR) is 79.9 cm³/mol. The van der Waals surface area contributed by atoms with Crippen LogP contribution in [0.25, 0.3) is 0 Å². The van der Waals surface area contributed by atoms with Crippen molar-refractivity contribution in [1.82, 2.24) is 6.15 Å². The maximum Gasteiger partial charge on any atom is 0.119 e. The van der Waals surface area contributed by atoms with E-state index in [0.717, 1.165) is 24.0 Å². The molecule has 3 rings (SSSR count). The second-order valence-corrected chi connectivity index (χ2v) is 5.85. The summed E-state index contributed by atoms with van der Waals surface area (Å²) >= 11 is 0. The zero-order valence-electron chi connectivity index (χ0n) is 11.7. The summed E-state index contributed by atoms with van der Waals surface area (Å²) in [6, 6.07) is 6.21. The highest BCUT2D eigenvalue weighted by Gasteiger charge is 2.21. The van der Waals surface area contributed by atoms with E-state index in [2.05, 4.69) is 6.07 Å². The Kier molecular flexibility index (Phi) is 4.70. The Hall–Kier alpha value is -1.22. The molecule has 106 valence electrons. The van der Waals surface area contributed by atoms with Crippen LogP contribution < -0.4 is 16.6 Å². The molecule has 0 unspecified atom stereocenters. The van der Waals surface area contributed by atoms with Crippen LogP contribution in [0.1, 0.15) is 56.4 Å². The first-order valence-electron chi connectivity index (χ1n) is 7.35. The Morgan fingerprint density at radius 2 is 1.84 bits per heavy atom. The first-order chi connectivity index (χ1) is 8.83. The molecule has 0 aliphatic heterocycles. The summed E-state index contributed by atoms with van der Waals surface area (Å²) < 4.78 is 5.86. The van der Waals surface area contributed by atoms with Crippen LogP contribution in [0.4, 0.5) is 5.69 Å². The van der Waals surface area contributed by atoms with Crippen molar-refractivity contribution in [2.24, 2.45) is 5.92 Å². The molecule has 0 amide bonds. The topological polar surface area (TPSA) is 70.2 Å². The fourth-order valence-corrected chi connectivity index (χ4v) is 2.98. The Morgan fingerprint density at radius 3 is 2.53 bits per heavy atom. The van der Waals surface area contributed by atoms with Gasteiger partial charge in [0.2, 0.25) is 0 Å². The van der Waals surface area contributed by atoms with Gasteiger partial charge in [0.05, 0.1) is 6.61 Å².